The third kappa shape index (κ3) is 4.02. The molecule has 0 saturated carbocycles. The molecule has 1 amide bonds. The van der Waals surface area contributed by atoms with Crippen molar-refractivity contribution in [3.8, 4) is 0 Å². The molecule has 0 bridgehead atoms. The lowest BCUT2D eigenvalue weighted by molar-refractivity contribution is -0.125. The smallest absolute Gasteiger partial charge is 0.223 e. The van der Waals surface area contributed by atoms with Gasteiger partial charge >= 0.3 is 0 Å². The summed E-state index contributed by atoms with van der Waals surface area (Å²) in [6.45, 7) is 6.80. The molecule has 2 saturated heterocycles. The molecule has 2 aromatic rings. The molecule has 5 heterocycles. The van der Waals surface area contributed by atoms with Gasteiger partial charge in [-0.25, -0.2) is 15.0 Å². The standard InChI is InChI=1S/C22H33N7O/c30-22(23-9-15-27-10-4-5-11-27)17-7-13-28(14-8-17)20-19-21(25-16-24-20)29-12-3-1-2-6-18(29)26-19/h16-17H,1-15H2,(H,23,30). The Morgan fingerprint density at radius 2 is 1.80 bits per heavy atom. The minimum atomic E-state index is 0.107. The zero-order valence-corrected chi connectivity index (χ0v) is 17.9. The third-order valence-corrected chi connectivity index (χ3v) is 6.97. The first kappa shape index (κ1) is 19.7. The molecular formula is C22H33N7O. The molecule has 5 rings (SSSR count). The Balaban J connectivity index is 1.20. The first-order valence-corrected chi connectivity index (χ1v) is 11.7. The van der Waals surface area contributed by atoms with Gasteiger partial charge in [0.25, 0.3) is 0 Å². The van der Waals surface area contributed by atoms with Crippen molar-refractivity contribution >= 4 is 22.9 Å². The van der Waals surface area contributed by atoms with Gasteiger partial charge in [0.2, 0.25) is 5.91 Å². The molecule has 0 unspecified atom stereocenters. The molecule has 30 heavy (non-hydrogen) atoms. The number of anilines is 1. The number of carbonyl (C=O) groups excluding carboxylic acids is 1. The monoisotopic (exact) mass is 411 g/mol. The fourth-order valence-corrected chi connectivity index (χ4v) is 5.20. The van der Waals surface area contributed by atoms with Crippen molar-refractivity contribution in [2.45, 2.75) is 57.9 Å². The summed E-state index contributed by atoms with van der Waals surface area (Å²) >= 11 is 0. The number of nitrogens with zero attached hydrogens (tertiary/aromatic N) is 6. The Bertz CT molecular complexity index is 881. The van der Waals surface area contributed by atoms with Gasteiger partial charge in [0.05, 0.1) is 0 Å². The third-order valence-electron chi connectivity index (χ3n) is 6.97. The summed E-state index contributed by atoms with van der Waals surface area (Å²) in [4.78, 5) is 31.4. The fourth-order valence-electron chi connectivity index (χ4n) is 5.20. The topological polar surface area (TPSA) is 79.2 Å². The lowest BCUT2D eigenvalue weighted by Gasteiger charge is -2.32. The maximum Gasteiger partial charge on any atom is 0.223 e. The normalized spacial score (nSPS) is 21.0. The summed E-state index contributed by atoms with van der Waals surface area (Å²) < 4.78 is 2.29. The van der Waals surface area contributed by atoms with E-state index in [0.29, 0.717) is 0 Å². The Kier molecular flexibility index (Phi) is 5.84. The van der Waals surface area contributed by atoms with Crippen LogP contribution >= 0.6 is 0 Å². The van der Waals surface area contributed by atoms with Gasteiger partial charge in [-0.15, -0.1) is 0 Å². The largest absolute Gasteiger partial charge is 0.355 e. The van der Waals surface area contributed by atoms with E-state index in [0.717, 1.165) is 74.8 Å². The molecule has 8 nitrogen and oxygen atoms in total. The Labute approximate surface area is 178 Å². The molecule has 0 aromatic carbocycles. The summed E-state index contributed by atoms with van der Waals surface area (Å²) in [6, 6.07) is 0. The maximum absolute atomic E-state index is 12.6. The zero-order valence-electron chi connectivity index (χ0n) is 17.9. The van der Waals surface area contributed by atoms with Crippen LogP contribution in [0.25, 0.3) is 11.2 Å². The summed E-state index contributed by atoms with van der Waals surface area (Å²) in [5.41, 5.74) is 1.90. The highest BCUT2D eigenvalue weighted by molar-refractivity contribution is 5.84. The fraction of sp³-hybridized carbons (Fsp3) is 0.727. The van der Waals surface area contributed by atoms with Gasteiger partial charge in [0, 0.05) is 45.1 Å². The summed E-state index contributed by atoms with van der Waals surface area (Å²) in [5.74, 6) is 2.41. The van der Waals surface area contributed by atoms with Crippen LogP contribution in [0.15, 0.2) is 6.33 Å². The van der Waals surface area contributed by atoms with Gasteiger partial charge in [0.15, 0.2) is 17.0 Å². The van der Waals surface area contributed by atoms with Crippen molar-refractivity contribution in [3.05, 3.63) is 12.2 Å². The Morgan fingerprint density at radius 1 is 1.00 bits per heavy atom. The number of fused-ring (bicyclic) bond motifs is 3. The molecular weight excluding hydrogens is 378 g/mol. The number of imidazole rings is 1. The molecule has 3 aliphatic rings. The van der Waals surface area contributed by atoms with E-state index in [-0.39, 0.29) is 11.8 Å². The number of hydrogen-bond acceptors (Lipinski definition) is 6. The number of aromatic nitrogens is 4. The Hall–Kier alpha value is -2.22. The number of rotatable bonds is 5. The molecule has 0 radical (unpaired) electrons. The maximum atomic E-state index is 12.6. The summed E-state index contributed by atoms with van der Waals surface area (Å²) in [7, 11) is 0. The molecule has 3 aliphatic heterocycles. The van der Waals surface area contributed by atoms with E-state index in [4.69, 9.17) is 4.98 Å². The first-order valence-electron chi connectivity index (χ1n) is 11.7. The average molecular weight is 412 g/mol. The number of likely N-dealkylation sites (tertiary alicyclic amines) is 1. The minimum absolute atomic E-state index is 0.107. The van der Waals surface area contributed by atoms with Crippen LogP contribution in [0, 0.1) is 5.92 Å². The van der Waals surface area contributed by atoms with Gasteiger partial charge in [-0.05, 0) is 51.6 Å². The number of piperidine rings is 1. The number of hydrogen-bond donors (Lipinski definition) is 1. The molecule has 2 aromatic heterocycles. The second-order valence-electron chi connectivity index (χ2n) is 8.96. The molecule has 0 aliphatic carbocycles. The van der Waals surface area contributed by atoms with Crippen LogP contribution in [-0.2, 0) is 17.8 Å². The van der Waals surface area contributed by atoms with E-state index in [1.165, 1.54) is 45.2 Å². The minimum Gasteiger partial charge on any atom is -0.355 e. The molecule has 0 spiro atoms. The number of carbonyl (C=O) groups is 1. The molecule has 1 N–H and O–H groups in total. The Morgan fingerprint density at radius 3 is 2.63 bits per heavy atom. The molecule has 2 fully saturated rings. The summed E-state index contributed by atoms with van der Waals surface area (Å²) in [6.07, 6.45) is 10.7. The predicted molar refractivity (Wildman–Crippen MR) is 116 cm³/mol. The second-order valence-corrected chi connectivity index (χ2v) is 8.96. The van der Waals surface area contributed by atoms with Crippen LogP contribution in [0.1, 0.15) is 50.8 Å². The first-order chi connectivity index (χ1) is 14.8. The summed E-state index contributed by atoms with van der Waals surface area (Å²) in [5, 5.41) is 3.16. The van der Waals surface area contributed by atoms with Gasteiger partial charge < -0.3 is 19.7 Å². The highest BCUT2D eigenvalue weighted by Crippen LogP contribution is 2.29. The highest BCUT2D eigenvalue weighted by Gasteiger charge is 2.28. The van der Waals surface area contributed by atoms with Crippen molar-refractivity contribution in [1.82, 2.24) is 29.7 Å². The van der Waals surface area contributed by atoms with Gasteiger partial charge in [0.1, 0.15) is 12.2 Å². The molecule has 162 valence electrons. The van der Waals surface area contributed by atoms with Crippen LogP contribution in [0.3, 0.4) is 0 Å². The number of amides is 1. The average Bonchev–Trinajstić information content (AvgIpc) is 3.35. The van der Waals surface area contributed by atoms with Crippen LogP contribution in [0.2, 0.25) is 0 Å². The van der Waals surface area contributed by atoms with Gasteiger partial charge in [-0.2, -0.15) is 0 Å². The van der Waals surface area contributed by atoms with Crippen molar-refractivity contribution in [1.29, 1.82) is 0 Å². The highest BCUT2D eigenvalue weighted by atomic mass is 16.1. The van der Waals surface area contributed by atoms with Crippen LogP contribution < -0.4 is 10.2 Å². The van der Waals surface area contributed by atoms with E-state index in [2.05, 4.69) is 29.7 Å². The van der Waals surface area contributed by atoms with Gasteiger partial charge in [-0.1, -0.05) is 6.42 Å². The van der Waals surface area contributed by atoms with Crippen molar-refractivity contribution in [2.24, 2.45) is 5.92 Å². The number of aryl methyl sites for hydroxylation is 2. The van der Waals surface area contributed by atoms with E-state index >= 15 is 0 Å². The predicted octanol–water partition coefficient (Wildman–Crippen LogP) is 1.98. The quantitative estimate of drug-likeness (QED) is 0.811. The van der Waals surface area contributed by atoms with E-state index in [9.17, 15) is 4.79 Å². The lowest BCUT2D eigenvalue weighted by Crippen LogP contribution is -2.42. The van der Waals surface area contributed by atoms with E-state index in [1.807, 2.05) is 0 Å². The SMILES string of the molecule is O=C(NCCN1CCCC1)C1CCN(c2ncnc3c2nc2n3CCCCC2)CC1. The van der Waals surface area contributed by atoms with Crippen LogP contribution in [0.4, 0.5) is 5.82 Å². The molecule has 0 atom stereocenters. The van der Waals surface area contributed by atoms with Crippen molar-refractivity contribution < 1.29 is 4.79 Å². The lowest BCUT2D eigenvalue weighted by atomic mass is 9.96. The van der Waals surface area contributed by atoms with Crippen LogP contribution in [-0.4, -0.2) is 69.6 Å². The van der Waals surface area contributed by atoms with Crippen LogP contribution in [0.5, 0.6) is 0 Å². The zero-order chi connectivity index (χ0) is 20.3. The van der Waals surface area contributed by atoms with E-state index < -0.39 is 0 Å². The molecule has 8 heteroatoms. The van der Waals surface area contributed by atoms with Crippen molar-refractivity contribution in [2.75, 3.05) is 44.2 Å². The second kappa shape index (κ2) is 8.88. The van der Waals surface area contributed by atoms with Crippen molar-refractivity contribution in [3.63, 3.8) is 0 Å². The van der Waals surface area contributed by atoms with E-state index in [1.54, 1.807) is 6.33 Å². The van der Waals surface area contributed by atoms with Gasteiger partial charge in [-0.3, -0.25) is 4.79 Å². The number of nitrogens with one attached hydrogen (secondary N) is 1.